The van der Waals surface area contributed by atoms with Gasteiger partial charge < -0.3 is 9.52 Å². The summed E-state index contributed by atoms with van der Waals surface area (Å²) in [6.45, 7) is 1.73. The van der Waals surface area contributed by atoms with E-state index in [2.05, 4.69) is 10.3 Å². The lowest BCUT2D eigenvalue weighted by Gasteiger charge is -2.01. The number of carbonyl (C=O) groups is 2. The van der Waals surface area contributed by atoms with Crippen molar-refractivity contribution in [2.45, 2.75) is 6.92 Å². The van der Waals surface area contributed by atoms with E-state index in [1.165, 1.54) is 30.5 Å². The Morgan fingerprint density at radius 2 is 2.06 bits per heavy atom. The molecule has 2 N–H and O–H groups in total. The van der Waals surface area contributed by atoms with Crippen LogP contribution >= 0.6 is 0 Å². The van der Waals surface area contributed by atoms with Crippen LogP contribution < -0.4 is 5.32 Å². The quantitative estimate of drug-likeness (QED) is 0.863. The molecule has 0 fully saturated rings. The molecule has 1 amide bonds. The summed E-state index contributed by atoms with van der Waals surface area (Å²) < 4.78 is 4.97. The Labute approximate surface area is 102 Å². The van der Waals surface area contributed by atoms with Gasteiger partial charge in [0.25, 0.3) is 5.91 Å². The summed E-state index contributed by atoms with van der Waals surface area (Å²) in [6.07, 6.45) is 1.41. The summed E-state index contributed by atoms with van der Waals surface area (Å²) in [7, 11) is 0. The molecule has 0 aliphatic carbocycles. The van der Waals surface area contributed by atoms with Crippen molar-refractivity contribution in [3.8, 4) is 0 Å². The third-order valence-electron chi connectivity index (χ3n) is 2.21. The molecule has 2 aromatic rings. The number of oxazole rings is 1. The van der Waals surface area contributed by atoms with E-state index in [4.69, 9.17) is 9.52 Å². The first-order chi connectivity index (χ1) is 8.56. The van der Waals surface area contributed by atoms with Crippen LogP contribution in [0.25, 0.3) is 0 Å². The van der Waals surface area contributed by atoms with Crippen LogP contribution in [0.15, 0.2) is 34.9 Å². The van der Waals surface area contributed by atoms with Gasteiger partial charge in [0.2, 0.25) is 0 Å². The van der Waals surface area contributed by atoms with Crippen molar-refractivity contribution in [3.63, 3.8) is 0 Å². The zero-order valence-electron chi connectivity index (χ0n) is 9.51. The minimum atomic E-state index is -1.09. The van der Waals surface area contributed by atoms with Gasteiger partial charge in [-0.25, -0.2) is 4.79 Å². The molecular formula is C12H10N2O4. The molecule has 1 aromatic heterocycles. The van der Waals surface area contributed by atoms with Crippen LogP contribution in [0, 0.1) is 6.92 Å². The maximum atomic E-state index is 11.8. The number of anilines is 1. The van der Waals surface area contributed by atoms with Crippen LogP contribution in [0.4, 0.5) is 6.01 Å². The highest BCUT2D eigenvalue weighted by molar-refractivity contribution is 6.04. The first-order valence-electron chi connectivity index (χ1n) is 5.13. The van der Waals surface area contributed by atoms with Crippen LogP contribution in [-0.2, 0) is 0 Å². The monoisotopic (exact) mass is 246 g/mol. The average Bonchev–Trinajstić information content (AvgIpc) is 2.75. The van der Waals surface area contributed by atoms with Gasteiger partial charge in [-0.1, -0.05) is 6.07 Å². The van der Waals surface area contributed by atoms with Crippen molar-refractivity contribution < 1.29 is 19.1 Å². The molecule has 18 heavy (non-hydrogen) atoms. The molecule has 0 aliphatic rings. The number of rotatable bonds is 3. The second-order valence-electron chi connectivity index (χ2n) is 3.63. The Kier molecular flexibility index (Phi) is 3.09. The number of hydrogen-bond donors (Lipinski definition) is 2. The molecule has 6 nitrogen and oxygen atoms in total. The fourth-order valence-corrected chi connectivity index (χ4v) is 1.37. The molecule has 0 unspecified atom stereocenters. The van der Waals surface area contributed by atoms with Crippen molar-refractivity contribution in [2.24, 2.45) is 0 Å². The minimum absolute atomic E-state index is 0.0474. The average molecular weight is 246 g/mol. The molecule has 0 radical (unpaired) electrons. The van der Waals surface area contributed by atoms with Crippen LogP contribution in [0.5, 0.6) is 0 Å². The molecule has 0 bridgehead atoms. The molecule has 0 spiro atoms. The van der Waals surface area contributed by atoms with E-state index in [0.29, 0.717) is 5.69 Å². The maximum Gasteiger partial charge on any atom is 0.335 e. The van der Waals surface area contributed by atoms with Crippen LogP contribution in [0.2, 0.25) is 0 Å². The van der Waals surface area contributed by atoms with Gasteiger partial charge in [0.05, 0.1) is 11.3 Å². The Hall–Kier alpha value is -2.63. The lowest BCUT2D eigenvalue weighted by atomic mass is 10.1. The van der Waals surface area contributed by atoms with Gasteiger partial charge in [-0.2, -0.15) is 4.98 Å². The number of aromatic nitrogens is 1. The number of carboxylic acid groups (broad SMARTS) is 1. The molecule has 2 rings (SSSR count). The molecule has 0 saturated carbocycles. The van der Waals surface area contributed by atoms with E-state index < -0.39 is 11.9 Å². The van der Waals surface area contributed by atoms with E-state index in [9.17, 15) is 9.59 Å². The summed E-state index contributed by atoms with van der Waals surface area (Å²) in [5, 5.41) is 11.3. The number of carbonyl (C=O) groups excluding carboxylic acids is 1. The summed E-state index contributed by atoms with van der Waals surface area (Å²) in [5.41, 5.74) is 0.918. The molecule has 1 aromatic carbocycles. The molecule has 0 atom stereocenters. The molecule has 92 valence electrons. The number of aromatic carboxylic acids is 1. The molecule has 6 heteroatoms. The topological polar surface area (TPSA) is 92.4 Å². The Morgan fingerprint density at radius 3 is 2.67 bits per heavy atom. The molecule has 1 heterocycles. The Balaban J connectivity index is 2.18. The minimum Gasteiger partial charge on any atom is -0.478 e. The highest BCUT2D eigenvalue weighted by Crippen LogP contribution is 2.10. The standard InChI is InChI=1S/C12H10N2O4/c1-7-6-18-12(13-7)14-10(15)8-3-2-4-9(5-8)11(16)17/h2-6H,1H3,(H,16,17)(H,13,14,15). The second kappa shape index (κ2) is 4.70. The first-order valence-corrected chi connectivity index (χ1v) is 5.13. The number of hydrogen-bond acceptors (Lipinski definition) is 4. The lowest BCUT2D eigenvalue weighted by Crippen LogP contribution is -2.13. The maximum absolute atomic E-state index is 11.8. The first kappa shape index (κ1) is 11.8. The highest BCUT2D eigenvalue weighted by atomic mass is 16.4. The predicted molar refractivity (Wildman–Crippen MR) is 62.6 cm³/mol. The largest absolute Gasteiger partial charge is 0.478 e. The van der Waals surface area contributed by atoms with Crippen LogP contribution in [0.1, 0.15) is 26.4 Å². The van der Waals surface area contributed by atoms with Crippen molar-refractivity contribution in [2.75, 3.05) is 5.32 Å². The number of carboxylic acids is 1. The highest BCUT2D eigenvalue weighted by Gasteiger charge is 2.11. The lowest BCUT2D eigenvalue weighted by molar-refractivity contribution is 0.0697. The smallest absolute Gasteiger partial charge is 0.335 e. The second-order valence-corrected chi connectivity index (χ2v) is 3.63. The molecule has 0 aliphatic heterocycles. The number of nitrogens with zero attached hydrogens (tertiary/aromatic N) is 1. The van der Waals surface area contributed by atoms with E-state index in [0.717, 1.165) is 0 Å². The summed E-state index contributed by atoms with van der Waals surface area (Å²) in [6, 6.07) is 5.79. The van der Waals surface area contributed by atoms with Gasteiger partial charge >= 0.3 is 12.0 Å². The van der Waals surface area contributed by atoms with Gasteiger partial charge in [-0.05, 0) is 25.1 Å². The third-order valence-corrected chi connectivity index (χ3v) is 2.21. The fraction of sp³-hybridized carbons (Fsp3) is 0.0833. The predicted octanol–water partition coefficient (Wildman–Crippen LogP) is 1.93. The Morgan fingerprint density at radius 1 is 1.33 bits per heavy atom. The van der Waals surface area contributed by atoms with Gasteiger partial charge in [0.1, 0.15) is 6.26 Å². The number of aryl methyl sites for hydroxylation is 1. The van der Waals surface area contributed by atoms with Crippen LogP contribution in [0.3, 0.4) is 0 Å². The van der Waals surface area contributed by atoms with E-state index >= 15 is 0 Å². The summed E-state index contributed by atoms with van der Waals surface area (Å²) in [4.78, 5) is 26.5. The zero-order chi connectivity index (χ0) is 13.1. The number of amides is 1. The summed E-state index contributed by atoms with van der Waals surface area (Å²) in [5.74, 6) is -1.56. The van der Waals surface area contributed by atoms with Gasteiger partial charge in [-0.3, -0.25) is 10.1 Å². The van der Waals surface area contributed by atoms with Crippen molar-refractivity contribution in [3.05, 3.63) is 47.3 Å². The van der Waals surface area contributed by atoms with E-state index in [1.54, 1.807) is 6.92 Å². The zero-order valence-corrected chi connectivity index (χ0v) is 9.51. The van der Waals surface area contributed by atoms with Crippen LogP contribution in [-0.4, -0.2) is 22.0 Å². The Bertz CT molecular complexity index is 604. The van der Waals surface area contributed by atoms with Crippen molar-refractivity contribution in [1.29, 1.82) is 0 Å². The van der Waals surface area contributed by atoms with Crippen molar-refractivity contribution >= 4 is 17.9 Å². The summed E-state index contributed by atoms with van der Waals surface area (Å²) >= 11 is 0. The van der Waals surface area contributed by atoms with Crippen molar-refractivity contribution in [1.82, 2.24) is 4.98 Å². The van der Waals surface area contributed by atoms with Gasteiger partial charge in [0, 0.05) is 5.56 Å². The molecule has 0 saturated heterocycles. The molecular weight excluding hydrogens is 236 g/mol. The normalized spacial score (nSPS) is 10.1. The fourth-order valence-electron chi connectivity index (χ4n) is 1.37. The van der Waals surface area contributed by atoms with Gasteiger partial charge in [0.15, 0.2) is 0 Å². The van der Waals surface area contributed by atoms with E-state index in [1.807, 2.05) is 0 Å². The third kappa shape index (κ3) is 2.54. The number of nitrogens with one attached hydrogen (secondary N) is 1. The SMILES string of the molecule is Cc1coc(NC(=O)c2cccc(C(=O)O)c2)n1. The van der Waals surface area contributed by atoms with Gasteiger partial charge in [-0.15, -0.1) is 0 Å². The van der Waals surface area contributed by atoms with E-state index in [-0.39, 0.29) is 17.1 Å². The number of benzene rings is 1.